The van der Waals surface area contributed by atoms with Crippen LogP contribution in [0.1, 0.15) is 29.3 Å². The largest absolute Gasteiger partial charge is 0.352 e. The van der Waals surface area contributed by atoms with Crippen molar-refractivity contribution < 1.29 is 14.0 Å². The highest BCUT2D eigenvalue weighted by Gasteiger charge is 2.39. The van der Waals surface area contributed by atoms with Gasteiger partial charge in [0.15, 0.2) is 0 Å². The molecule has 0 bridgehead atoms. The normalized spacial score (nSPS) is 20.9. The van der Waals surface area contributed by atoms with Gasteiger partial charge in [-0.15, -0.1) is 11.3 Å². The third kappa shape index (κ3) is 3.48. The van der Waals surface area contributed by atoms with Crippen LogP contribution in [0.25, 0.3) is 0 Å². The number of likely N-dealkylation sites (tertiary alicyclic amines) is 1. The summed E-state index contributed by atoms with van der Waals surface area (Å²) in [7, 11) is 1.76. The Morgan fingerprint density at radius 2 is 2.08 bits per heavy atom. The third-order valence-electron chi connectivity index (χ3n) is 4.41. The predicted molar refractivity (Wildman–Crippen MR) is 90.8 cm³/mol. The van der Waals surface area contributed by atoms with Crippen molar-refractivity contribution in [2.24, 2.45) is 5.92 Å². The molecule has 6 heteroatoms. The smallest absolute Gasteiger partial charge is 0.225 e. The van der Waals surface area contributed by atoms with Crippen molar-refractivity contribution in [3.05, 3.63) is 58.0 Å². The number of rotatable bonds is 4. The first-order valence-electron chi connectivity index (χ1n) is 7.87. The molecule has 1 aromatic heterocycles. The van der Waals surface area contributed by atoms with Crippen molar-refractivity contribution in [1.82, 2.24) is 10.2 Å². The first kappa shape index (κ1) is 16.6. The van der Waals surface area contributed by atoms with E-state index < -0.39 is 0 Å². The van der Waals surface area contributed by atoms with Gasteiger partial charge < -0.3 is 10.2 Å². The molecule has 4 nitrogen and oxygen atoms in total. The fourth-order valence-corrected chi connectivity index (χ4v) is 4.02. The summed E-state index contributed by atoms with van der Waals surface area (Å²) < 4.78 is 12.9. The van der Waals surface area contributed by atoms with Gasteiger partial charge in [-0.05, 0) is 35.6 Å². The fraction of sp³-hybridized carbons (Fsp3) is 0.333. The third-order valence-corrected chi connectivity index (χ3v) is 5.36. The number of carbonyl (C=O) groups excluding carboxylic acids is 2. The lowest BCUT2D eigenvalue weighted by Crippen LogP contribution is -2.45. The van der Waals surface area contributed by atoms with E-state index in [2.05, 4.69) is 5.32 Å². The standard InChI is InChI=1S/C18H19FN2O2S/c1-21-16(22)9-8-14(17(21)15-3-2-10-24-15)18(23)20-11-12-4-6-13(19)7-5-12/h2-7,10,14,17H,8-9,11H2,1H3,(H,20,23)/t14-,17+/m1/s1. The van der Waals surface area contributed by atoms with Crippen molar-refractivity contribution >= 4 is 23.2 Å². The molecule has 0 saturated carbocycles. The Morgan fingerprint density at radius 3 is 2.75 bits per heavy atom. The summed E-state index contributed by atoms with van der Waals surface area (Å²) in [6.07, 6.45) is 0.925. The molecule has 0 radical (unpaired) electrons. The molecule has 3 rings (SSSR count). The Bertz CT molecular complexity index is 715. The Balaban J connectivity index is 1.72. The van der Waals surface area contributed by atoms with Crippen LogP contribution in [0.2, 0.25) is 0 Å². The van der Waals surface area contributed by atoms with E-state index in [1.54, 1.807) is 35.4 Å². The van der Waals surface area contributed by atoms with Crippen molar-refractivity contribution in [2.45, 2.75) is 25.4 Å². The molecule has 2 atom stereocenters. The summed E-state index contributed by atoms with van der Waals surface area (Å²) in [5, 5.41) is 4.87. The minimum Gasteiger partial charge on any atom is -0.352 e. The second-order valence-electron chi connectivity index (χ2n) is 5.95. The Labute approximate surface area is 144 Å². The number of halogens is 1. The Hall–Kier alpha value is -2.21. The number of nitrogens with zero attached hydrogens (tertiary/aromatic N) is 1. The summed E-state index contributed by atoms with van der Waals surface area (Å²) in [5.41, 5.74) is 0.845. The van der Waals surface area contributed by atoms with E-state index >= 15 is 0 Å². The van der Waals surface area contributed by atoms with Gasteiger partial charge in [-0.25, -0.2) is 4.39 Å². The summed E-state index contributed by atoms with van der Waals surface area (Å²) in [6.45, 7) is 0.352. The van der Waals surface area contributed by atoms with Crippen LogP contribution >= 0.6 is 11.3 Å². The molecule has 126 valence electrons. The summed E-state index contributed by atoms with van der Waals surface area (Å²) in [5.74, 6) is -0.574. The predicted octanol–water partition coefficient (Wildman–Crippen LogP) is 3.11. The minimum absolute atomic E-state index is 0.0657. The van der Waals surface area contributed by atoms with Gasteiger partial charge in [0, 0.05) is 24.9 Å². The Morgan fingerprint density at radius 1 is 1.33 bits per heavy atom. The molecule has 2 heterocycles. The van der Waals surface area contributed by atoms with E-state index in [4.69, 9.17) is 0 Å². The molecule has 1 fully saturated rings. The van der Waals surface area contributed by atoms with Crippen molar-refractivity contribution in [3.63, 3.8) is 0 Å². The maximum Gasteiger partial charge on any atom is 0.225 e. The zero-order valence-electron chi connectivity index (χ0n) is 13.4. The van der Waals surface area contributed by atoms with E-state index in [9.17, 15) is 14.0 Å². The zero-order chi connectivity index (χ0) is 17.1. The van der Waals surface area contributed by atoms with Crippen LogP contribution in [0.15, 0.2) is 41.8 Å². The second-order valence-corrected chi connectivity index (χ2v) is 6.93. The molecule has 1 saturated heterocycles. The van der Waals surface area contributed by atoms with Crippen LogP contribution in [0.4, 0.5) is 4.39 Å². The topological polar surface area (TPSA) is 49.4 Å². The van der Waals surface area contributed by atoms with E-state index in [0.29, 0.717) is 19.4 Å². The van der Waals surface area contributed by atoms with Crippen molar-refractivity contribution in [3.8, 4) is 0 Å². The van der Waals surface area contributed by atoms with Crippen LogP contribution in [0.5, 0.6) is 0 Å². The van der Waals surface area contributed by atoms with Crippen LogP contribution in [0.3, 0.4) is 0 Å². The molecule has 2 amide bonds. The van der Waals surface area contributed by atoms with Crippen LogP contribution in [0, 0.1) is 11.7 Å². The number of piperidine rings is 1. The van der Waals surface area contributed by atoms with E-state index in [0.717, 1.165) is 10.4 Å². The maximum absolute atomic E-state index is 12.9. The first-order chi connectivity index (χ1) is 11.6. The van der Waals surface area contributed by atoms with Gasteiger partial charge in [-0.3, -0.25) is 9.59 Å². The number of nitrogens with one attached hydrogen (secondary N) is 1. The molecule has 0 unspecified atom stereocenters. The minimum atomic E-state index is -0.296. The highest BCUT2D eigenvalue weighted by molar-refractivity contribution is 7.10. The summed E-state index contributed by atoms with van der Waals surface area (Å²) >= 11 is 1.56. The zero-order valence-corrected chi connectivity index (χ0v) is 14.2. The quantitative estimate of drug-likeness (QED) is 0.925. The maximum atomic E-state index is 12.9. The van der Waals surface area contributed by atoms with Crippen molar-refractivity contribution in [1.29, 1.82) is 0 Å². The molecule has 24 heavy (non-hydrogen) atoms. The van der Waals surface area contributed by atoms with Gasteiger partial charge in [0.1, 0.15) is 5.82 Å². The molecule has 1 aliphatic heterocycles. The number of benzene rings is 1. The van der Waals surface area contributed by atoms with Gasteiger partial charge in [0.05, 0.1) is 12.0 Å². The van der Waals surface area contributed by atoms with E-state index in [1.807, 2.05) is 17.5 Å². The number of hydrogen-bond donors (Lipinski definition) is 1. The molecule has 1 aliphatic rings. The fourth-order valence-electron chi connectivity index (χ4n) is 3.08. The van der Waals surface area contributed by atoms with Gasteiger partial charge in [-0.2, -0.15) is 0 Å². The molecule has 0 aliphatic carbocycles. The van der Waals surface area contributed by atoms with Gasteiger partial charge in [0.2, 0.25) is 11.8 Å². The molecule has 1 aromatic carbocycles. The van der Waals surface area contributed by atoms with Crippen molar-refractivity contribution in [2.75, 3.05) is 7.05 Å². The monoisotopic (exact) mass is 346 g/mol. The average molecular weight is 346 g/mol. The van der Waals surface area contributed by atoms with Gasteiger partial charge in [0.25, 0.3) is 0 Å². The number of carbonyl (C=O) groups is 2. The first-order valence-corrected chi connectivity index (χ1v) is 8.75. The number of thiophene rings is 1. The number of hydrogen-bond acceptors (Lipinski definition) is 3. The summed E-state index contributed by atoms with van der Waals surface area (Å²) in [6, 6.07) is 9.74. The number of amides is 2. The van der Waals surface area contributed by atoms with E-state index in [-0.39, 0.29) is 29.6 Å². The molecule has 1 N–H and O–H groups in total. The molecular weight excluding hydrogens is 327 g/mol. The second kappa shape index (κ2) is 7.13. The average Bonchev–Trinajstić information content (AvgIpc) is 3.10. The molecular formula is C18H19FN2O2S. The molecule has 2 aromatic rings. The SMILES string of the molecule is CN1C(=O)CC[C@@H](C(=O)NCc2ccc(F)cc2)[C@H]1c1cccs1. The van der Waals surface area contributed by atoms with Gasteiger partial charge >= 0.3 is 0 Å². The molecule has 0 spiro atoms. The van der Waals surface area contributed by atoms with E-state index in [1.165, 1.54) is 12.1 Å². The summed E-state index contributed by atoms with van der Waals surface area (Å²) in [4.78, 5) is 27.4. The lowest BCUT2D eigenvalue weighted by molar-refractivity contribution is -0.141. The Kier molecular flexibility index (Phi) is 4.94. The van der Waals surface area contributed by atoms with Crippen LogP contribution < -0.4 is 5.32 Å². The van der Waals surface area contributed by atoms with Crippen LogP contribution in [-0.4, -0.2) is 23.8 Å². The lowest BCUT2D eigenvalue weighted by Gasteiger charge is -2.37. The van der Waals surface area contributed by atoms with Gasteiger partial charge in [-0.1, -0.05) is 18.2 Å². The highest BCUT2D eigenvalue weighted by Crippen LogP contribution is 2.37. The highest BCUT2D eigenvalue weighted by atomic mass is 32.1. The van der Waals surface area contributed by atoms with Crippen LogP contribution in [-0.2, 0) is 16.1 Å². The lowest BCUT2D eigenvalue weighted by atomic mass is 9.87.